The Morgan fingerprint density at radius 2 is 1.96 bits per heavy atom. The van der Waals surface area contributed by atoms with E-state index in [1.165, 1.54) is 0 Å². The van der Waals surface area contributed by atoms with E-state index in [9.17, 15) is 4.79 Å². The summed E-state index contributed by atoms with van der Waals surface area (Å²) in [6.45, 7) is 2.30. The third-order valence-corrected chi connectivity index (χ3v) is 3.64. The van der Waals surface area contributed by atoms with Crippen molar-refractivity contribution in [1.29, 1.82) is 0 Å². The van der Waals surface area contributed by atoms with E-state index in [0.29, 0.717) is 17.3 Å². The number of likely N-dealkylation sites (N-methyl/N-ethyl adjacent to an activating group) is 1. The summed E-state index contributed by atoms with van der Waals surface area (Å²) >= 11 is 5.80. The quantitative estimate of drug-likeness (QED) is 0.844. The highest BCUT2D eigenvalue weighted by atomic mass is 35.5. The van der Waals surface area contributed by atoms with Crippen LogP contribution in [0, 0.1) is 6.92 Å². The first-order chi connectivity index (χ1) is 11.0. The molecule has 0 aliphatic heterocycles. The lowest BCUT2D eigenvalue weighted by molar-refractivity contribution is -0.123. The second-order valence-corrected chi connectivity index (χ2v) is 5.91. The van der Waals surface area contributed by atoms with Crippen LogP contribution in [0.2, 0.25) is 5.02 Å². The highest BCUT2D eigenvalue weighted by Crippen LogP contribution is 2.20. The number of hydrogen-bond donors (Lipinski definition) is 1. The van der Waals surface area contributed by atoms with Crippen molar-refractivity contribution in [3.05, 3.63) is 52.9 Å². The van der Waals surface area contributed by atoms with E-state index in [4.69, 9.17) is 20.8 Å². The Hall–Kier alpha value is -1.98. The number of furan rings is 1. The zero-order valence-corrected chi connectivity index (χ0v) is 14.3. The third kappa shape index (κ3) is 5.30. The van der Waals surface area contributed by atoms with Crippen molar-refractivity contribution in [3.8, 4) is 5.75 Å². The van der Waals surface area contributed by atoms with Crippen molar-refractivity contribution in [1.82, 2.24) is 10.2 Å². The molecule has 1 aromatic carbocycles. The van der Waals surface area contributed by atoms with Crippen molar-refractivity contribution < 1.29 is 13.9 Å². The lowest BCUT2D eigenvalue weighted by atomic mass is 10.2. The molecule has 1 N–H and O–H groups in total. The Kier molecular flexibility index (Phi) is 6.07. The molecule has 1 aromatic heterocycles. The summed E-state index contributed by atoms with van der Waals surface area (Å²) in [5.74, 6) is 2.10. The van der Waals surface area contributed by atoms with E-state index in [1.54, 1.807) is 24.3 Å². The molecule has 1 amide bonds. The molecular weight excluding hydrogens is 316 g/mol. The number of ether oxygens (including phenoxy) is 1. The largest absolute Gasteiger partial charge is 0.484 e. The summed E-state index contributed by atoms with van der Waals surface area (Å²) in [4.78, 5) is 13.9. The fourth-order valence-corrected chi connectivity index (χ4v) is 2.24. The van der Waals surface area contributed by atoms with Crippen molar-refractivity contribution in [2.75, 3.05) is 27.2 Å². The fraction of sp³-hybridized carbons (Fsp3) is 0.353. The number of carbonyl (C=O) groups excluding carboxylic acids is 1. The Labute approximate surface area is 141 Å². The van der Waals surface area contributed by atoms with Gasteiger partial charge in [-0.05, 0) is 57.4 Å². The average molecular weight is 337 g/mol. The molecule has 0 saturated carbocycles. The molecule has 1 unspecified atom stereocenters. The average Bonchev–Trinajstić information content (AvgIpc) is 2.93. The van der Waals surface area contributed by atoms with Crippen molar-refractivity contribution in [2.24, 2.45) is 0 Å². The summed E-state index contributed by atoms with van der Waals surface area (Å²) in [6, 6.07) is 10.7. The smallest absolute Gasteiger partial charge is 0.258 e. The normalized spacial score (nSPS) is 12.2. The minimum atomic E-state index is -0.185. The van der Waals surface area contributed by atoms with Gasteiger partial charge in [-0.3, -0.25) is 9.69 Å². The molecule has 0 aliphatic carbocycles. The number of halogens is 1. The van der Waals surface area contributed by atoms with Gasteiger partial charge in [0.2, 0.25) is 0 Å². The zero-order chi connectivity index (χ0) is 16.8. The van der Waals surface area contributed by atoms with Gasteiger partial charge in [0.05, 0.1) is 6.04 Å². The molecule has 0 radical (unpaired) electrons. The van der Waals surface area contributed by atoms with Gasteiger partial charge in [0.25, 0.3) is 5.91 Å². The van der Waals surface area contributed by atoms with Gasteiger partial charge in [0.15, 0.2) is 6.61 Å². The number of aryl methyl sites for hydroxylation is 1. The number of rotatable bonds is 7. The van der Waals surface area contributed by atoms with E-state index in [0.717, 1.165) is 11.5 Å². The molecule has 2 rings (SSSR count). The predicted octanol–water partition coefficient (Wildman–Crippen LogP) is 3.04. The molecule has 0 bridgehead atoms. The van der Waals surface area contributed by atoms with Crippen LogP contribution in [-0.4, -0.2) is 38.1 Å². The SMILES string of the molecule is Cc1ccc(C(CNC(=O)COc2ccc(Cl)cc2)N(C)C)o1. The first-order valence-corrected chi connectivity index (χ1v) is 7.71. The van der Waals surface area contributed by atoms with Gasteiger partial charge in [0, 0.05) is 11.6 Å². The highest BCUT2D eigenvalue weighted by Gasteiger charge is 2.18. The zero-order valence-electron chi connectivity index (χ0n) is 13.5. The monoisotopic (exact) mass is 336 g/mol. The van der Waals surface area contributed by atoms with Crippen LogP contribution < -0.4 is 10.1 Å². The number of nitrogens with zero attached hydrogens (tertiary/aromatic N) is 1. The molecule has 2 aromatic rings. The number of amides is 1. The number of hydrogen-bond acceptors (Lipinski definition) is 4. The first-order valence-electron chi connectivity index (χ1n) is 7.33. The molecule has 1 heterocycles. The van der Waals surface area contributed by atoms with Gasteiger partial charge in [-0.1, -0.05) is 11.6 Å². The second kappa shape index (κ2) is 8.04. The summed E-state index contributed by atoms with van der Waals surface area (Å²) in [5.41, 5.74) is 0. The minimum absolute atomic E-state index is 0.0248. The van der Waals surface area contributed by atoms with Gasteiger partial charge in [0.1, 0.15) is 17.3 Å². The van der Waals surface area contributed by atoms with Gasteiger partial charge in [-0.2, -0.15) is 0 Å². The summed E-state index contributed by atoms with van der Waals surface area (Å²) < 4.78 is 11.1. The van der Waals surface area contributed by atoms with Crippen molar-refractivity contribution in [2.45, 2.75) is 13.0 Å². The van der Waals surface area contributed by atoms with Crippen LogP contribution in [0.25, 0.3) is 0 Å². The van der Waals surface area contributed by atoms with Crippen LogP contribution in [0.4, 0.5) is 0 Å². The van der Waals surface area contributed by atoms with Crippen LogP contribution >= 0.6 is 11.6 Å². The minimum Gasteiger partial charge on any atom is -0.484 e. The Bertz CT molecular complexity index is 638. The van der Waals surface area contributed by atoms with Crippen LogP contribution in [-0.2, 0) is 4.79 Å². The lowest BCUT2D eigenvalue weighted by Gasteiger charge is -2.22. The summed E-state index contributed by atoms with van der Waals surface area (Å²) in [5, 5.41) is 3.49. The predicted molar refractivity (Wildman–Crippen MR) is 89.8 cm³/mol. The molecule has 1 atom stereocenters. The van der Waals surface area contributed by atoms with Gasteiger partial charge in [-0.25, -0.2) is 0 Å². The Morgan fingerprint density at radius 3 is 2.52 bits per heavy atom. The van der Waals surface area contributed by atoms with Crippen LogP contribution in [0.3, 0.4) is 0 Å². The topological polar surface area (TPSA) is 54.7 Å². The van der Waals surface area contributed by atoms with E-state index >= 15 is 0 Å². The lowest BCUT2D eigenvalue weighted by Crippen LogP contribution is -2.36. The molecule has 6 heteroatoms. The Balaban J connectivity index is 1.83. The summed E-state index contributed by atoms with van der Waals surface area (Å²) in [7, 11) is 3.89. The maximum atomic E-state index is 11.9. The van der Waals surface area contributed by atoms with E-state index in [-0.39, 0.29) is 18.6 Å². The molecular formula is C17H21ClN2O3. The third-order valence-electron chi connectivity index (χ3n) is 3.39. The standard InChI is InChI=1S/C17H21ClN2O3/c1-12-4-9-16(23-12)15(20(2)3)10-19-17(21)11-22-14-7-5-13(18)6-8-14/h4-9,15H,10-11H2,1-3H3,(H,19,21). The number of carbonyl (C=O) groups is 1. The molecule has 0 saturated heterocycles. The van der Waals surface area contributed by atoms with Crippen LogP contribution in [0.1, 0.15) is 17.6 Å². The molecule has 0 fully saturated rings. The van der Waals surface area contributed by atoms with Crippen LogP contribution in [0.5, 0.6) is 5.75 Å². The van der Waals surface area contributed by atoms with E-state index in [1.807, 2.05) is 38.1 Å². The molecule has 5 nitrogen and oxygen atoms in total. The molecule has 0 spiro atoms. The molecule has 23 heavy (non-hydrogen) atoms. The van der Waals surface area contributed by atoms with E-state index in [2.05, 4.69) is 5.32 Å². The van der Waals surface area contributed by atoms with Crippen LogP contribution in [0.15, 0.2) is 40.8 Å². The van der Waals surface area contributed by atoms with Gasteiger partial charge in [-0.15, -0.1) is 0 Å². The molecule has 0 aliphatic rings. The Morgan fingerprint density at radius 1 is 1.26 bits per heavy atom. The fourth-order valence-electron chi connectivity index (χ4n) is 2.11. The number of benzene rings is 1. The maximum absolute atomic E-state index is 11.9. The second-order valence-electron chi connectivity index (χ2n) is 5.47. The van der Waals surface area contributed by atoms with E-state index < -0.39 is 0 Å². The van der Waals surface area contributed by atoms with Crippen molar-refractivity contribution >= 4 is 17.5 Å². The van der Waals surface area contributed by atoms with Gasteiger partial charge >= 0.3 is 0 Å². The van der Waals surface area contributed by atoms with Crippen molar-refractivity contribution in [3.63, 3.8) is 0 Å². The highest BCUT2D eigenvalue weighted by molar-refractivity contribution is 6.30. The first kappa shape index (κ1) is 17.4. The molecule has 124 valence electrons. The van der Waals surface area contributed by atoms with Gasteiger partial charge < -0.3 is 14.5 Å². The number of nitrogens with one attached hydrogen (secondary N) is 1. The summed E-state index contributed by atoms with van der Waals surface area (Å²) in [6.07, 6.45) is 0. The maximum Gasteiger partial charge on any atom is 0.258 e.